The number of allylic oxidation sites excluding steroid dienone is 6. The van der Waals surface area contributed by atoms with Crippen molar-refractivity contribution in [3.05, 3.63) is 58.8 Å². The Bertz CT molecular complexity index is 594. The average molecular weight is 229 g/mol. The van der Waals surface area contributed by atoms with E-state index in [1.807, 2.05) is 18.2 Å². The van der Waals surface area contributed by atoms with E-state index >= 15 is 0 Å². The van der Waals surface area contributed by atoms with E-state index in [9.17, 15) is 9.59 Å². The summed E-state index contributed by atoms with van der Waals surface area (Å²) in [6.07, 6.45) is 12.6. The lowest BCUT2D eigenvalue weighted by Gasteiger charge is -2.05. The van der Waals surface area contributed by atoms with Crippen molar-refractivity contribution in [2.45, 2.75) is 6.42 Å². The first-order chi connectivity index (χ1) is 8.20. The Balaban J connectivity index is 2.57. The molecule has 2 rings (SSSR count). The Kier molecular flexibility index (Phi) is 3.00. The number of hydrogen-bond donors (Lipinski definition) is 1. The minimum atomic E-state index is -0.773. The molecule has 0 bridgehead atoms. The molecule has 0 aromatic carbocycles. The van der Waals surface area contributed by atoms with Crippen molar-refractivity contribution >= 4 is 11.6 Å². The molecule has 0 spiro atoms. The van der Waals surface area contributed by atoms with Crippen LogP contribution in [0.2, 0.25) is 0 Å². The summed E-state index contributed by atoms with van der Waals surface area (Å²) in [7, 11) is 0. The zero-order valence-corrected chi connectivity index (χ0v) is 9.04. The second-order valence-corrected chi connectivity index (χ2v) is 3.50. The third-order valence-electron chi connectivity index (χ3n) is 2.34. The lowest BCUT2D eigenvalue weighted by molar-refractivity contribution is 0.0998. The molecule has 0 radical (unpaired) electrons. The maximum atomic E-state index is 11.9. The number of carbonyl (C=O) groups excluding carboxylic acids is 1. The molecule has 1 aromatic heterocycles. The highest BCUT2D eigenvalue weighted by Gasteiger charge is 2.10. The highest BCUT2D eigenvalue weighted by atomic mass is 16.2. The van der Waals surface area contributed by atoms with Crippen molar-refractivity contribution in [1.82, 2.24) is 9.55 Å². The molecule has 0 saturated carbocycles. The van der Waals surface area contributed by atoms with Gasteiger partial charge in [-0.15, -0.1) is 0 Å². The van der Waals surface area contributed by atoms with E-state index in [0.29, 0.717) is 5.70 Å². The first kappa shape index (κ1) is 11.1. The van der Waals surface area contributed by atoms with Crippen LogP contribution in [-0.4, -0.2) is 15.5 Å². The summed E-state index contributed by atoms with van der Waals surface area (Å²) < 4.78 is 1.30. The first-order valence-electron chi connectivity index (χ1n) is 5.10. The number of carbonyl (C=O) groups is 1. The fourth-order valence-corrected chi connectivity index (χ4v) is 1.49. The third-order valence-corrected chi connectivity index (χ3v) is 2.34. The van der Waals surface area contributed by atoms with Crippen molar-refractivity contribution in [1.29, 1.82) is 0 Å². The minimum absolute atomic E-state index is 0.116. The van der Waals surface area contributed by atoms with Gasteiger partial charge in [0.1, 0.15) is 11.9 Å². The summed E-state index contributed by atoms with van der Waals surface area (Å²) in [5.41, 5.74) is 5.18. The van der Waals surface area contributed by atoms with Gasteiger partial charge in [-0.1, -0.05) is 18.2 Å². The molecule has 1 aliphatic carbocycles. The van der Waals surface area contributed by atoms with Gasteiger partial charge >= 0.3 is 0 Å². The first-order valence-corrected chi connectivity index (χ1v) is 5.10. The SMILES string of the molecule is NC(=O)c1cncn(C2=CC=CCC=C2)c1=O. The number of amides is 1. The minimum Gasteiger partial charge on any atom is -0.365 e. The van der Waals surface area contributed by atoms with Crippen molar-refractivity contribution in [3.63, 3.8) is 0 Å². The molecule has 0 aliphatic heterocycles. The molecule has 0 atom stereocenters. The molecule has 1 heterocycles. The Morgan fingerprint density at radius 2 is 2.24 bits per heavy atom. The van der Waals surface area contributed by atoms with Gasteiger partial charge in [-0.25, -0.2) is 4.98 Å². The van der Waals surface area contributed by atoms with E-state index in [4.69, 9.17) is 5.73 Å². The van der Waals surface area contributed by atoms with Crippen LogP contribution in [0.5, 0.6) is 0 Å². The molecular formula is C12H11N3O2. The summed E-state index contributed by atoms with van der Waals surface area (Å²) in [6, 6.07) is 0. The quantitative estimate of drug-likeness (QED) is 0.810. The summed E-state index contributed by atoms with van der Waals surface area (Å²) in [5, 5.41) is 0. The lowest BCUT2D eigenvalue weighted by atomic mass is 10.3. The molecule has 5 heteroatoms. The van der Waals surface area contributed by atoms with E-state index in [0.717, 1.165) is 6.42 Å². The summed E-state index contributed by atoms with van der Waals surface area (Å²) in [6.45, 7) is 0. The van der Waals surface area contributed by atoms with E-state index in [1.165, 1.54) is 17.1 Å². The fraction of sp³-hybridized carbons (Fsp3) is 0.0833. The lowest BCUT2D eigenvalue weighted by Crippen LogP contribution is -2.29. The summed E-state index contributed by atoms with van der Waals surface area (Å²) in [5.74, 6) is -0.773. The van der Waals surface area contributed by atoms with E-state index in [-0.39, 0.29) is 5.56 Å². The average Bonchev–Trinajstić information content (AvgIpc) is 2.57. The summed E-state index contributed by atoms with van der Waals surface area (Å²) >= 11 is 0. The fourth-order valence-electron chi connectivity index (χ4n) is 1.49. The molecule has 86 valence electrons. The Morgan fingerprint density at radius 1 is 1.41 bits per heavy atom. The standard InChI is InChI=1S/C12H11N3O2/c13-11(16)10-7-14-8-15(12(10)17)9-5-3-1-2-4-6-9/h1,3-8H,2H2,(H2,13,16). The zero-order valence-electron chi connectivity index (χ0n) is 9.04. The molecule has 0 fully saturated rings. The maximum Gasteiger partial charge on any atom is 0.270 e. The van der Waals surface area contributed by atoms with Crippen molar-refractivity contribution < 1.29 is 4.79 Å². The van der Waals surface area contributed by atoms with Gasteiger partial charge in [-0.3, -0.25) is 14.2 Å². The van der Waals surface area contributed by atoms with Crippen LogP contribution < -0.4 is 11.3 Å². The van der Waals surface area contributed by atoms with Gasteiger partial charge in [0.25, 0.3) is 11.5 Å². The van der Waals surface area contributed by atoms with Crippen LogP contribution in [0.15, 0.2) is 47.7 Å². The van der Waals surface area contributed by atoms with Crippen LogP contribution in [0.25, 0.3) is 5.70 Å². The molecule has 0 saturated heterocycles. The Hall–Kier alpha value is -2.43. The smallest absolute Gasteiger partial charge is 0.270 e. The molecular weight excluding hydrogens is 218 g/mol. The van der Waals surface area contributed by atoms with Crippen LogP contribution in [-0.2, 0) is 0 Å². The number of nitrogens with zero attached hydrogens (tertiary/aromatic N) is 2. The second-order valence-electron chi connectivity index (χ2n) is 3.50. The monoisotopic (exact) mass is 229 g/mol. The van der Waals surface area contributed by atoms with Crippen LogP contribution in [0.1, 0.15) is 16.8 Å². The van der Waals surface area contributed by atoms with E-state index in [1.54, 1.807) is 12.2 Å². The van der Waals surface area contributed by atoms with Crippen LogP contribution in [0.4, 0.5) is 0 Å². The van der Waals surface area contributed by atoms with Gasteiger partial charge in [-0.05, 0) is 18.6 Å². The van der Waals surface area contributed by atoms with E-state index < -0.39 is 11.5 Å². The van der Waals surface area contributed by atoms with Gasteiger partial charge in [0.2, 0.25) is 0 Å². The van der Waals surface area contributed by atoms with Gasteiger partial charge in [0, 0.05) is 11.9 Å². The van der Waals surface area contributed by atoms with Gasteiger partial charge in [0.15, 0.2) is 0 Å². The number of hydrogen-bond acceptors (Lipinski definition) is 3. The molecule has 17 heavy (non-hydrogen) atoms. The summed E-state index contributed by atoms with van der Waals surface area (Å²) in [4.78, 5) is 26.8. The van der Waals surface area contributed by atoms with Gasteiger partial charge < -0.3 is 5.73 Å². The molecule has 1 aromatic rings. The molecule has 1 aliphatic rings. The van der Waals surface area contributed by atoms with Gasteiger partial charge in [0.05, 0.1) is 0 Å². The zero-order chi connectivity index (χ0) is 12.3. The molecule has 5 nitrogen and oxygen atoms in total. The predicted molar refractivity (Wildman–Crippen MR) is 64.2 cm³/mol. The number of aromatic nitrogens is 2. The van der Waals surface area contributed by atoms with Crippen LogP contribution in [0.3, 0.4) is 0 Å². The second kappa shape index (κ2) is 4.61. The Labute approximate surface area is 97.6 Å². The number of nitrogens with two attached hydrogens (primary N) is 1. The maximum absolute atomic E-state index is 11.9. The number of primary amides is 1. The van der Waals surface area contributed by atoms with Crippen molar-refractivity contribution in [2.75, 3.05) is 0 Å². The van der Waals surface area contributed by atoms with Crippen LogP contribution in [0, 0.1) is 0 Å². The molecule has 2 N–H and O–H groups in total. The van der Waals surface area contributed by atoms with Crippen LogP contribution >= 0.6 is 0 Å². The highest BCUT2D eigenvalue weighted by Crippen LogP contribution is 2.08. The number of rotatable bonds is 2. The highest BCUT2D eigenvalue weighted by molar-refractivity contribution is 5.92. The largest absolute Gasteiger partial charge is 0.365 e. The molecule has 1 amide bonds. The topological polar surface area (TPSA) is 78.0 Å². The van der Waals surface area contributed by atoms with Gasteiger partial charge in [-0.2, -0.15) is 0 Å². The third kappa shape index (κ3) is 2.23. The molecule has 0 unspecified atom stereocenters. The Morgan fingerprint density at radius 3 is 3.00 bits per heavy atom. The normalized spacial score (nSPS) is 14.2. The predicted octanol–water partition coefficient (Wildman–Crippen LogP) is 0.699. The van der Waals surface area contributed by atoms with Crippen molar-refractivity contribution in [3.8, 4) is 0 Å². The van der Waals surface area contributed by atoms with E-state index in [2.05, 4.69) is 4.98 Å². The van der Waals surface area contributed by atoms with Crippen molar-refractivity contribution in [2.24, 2.45) is 5.73 Å².